The molecule has 0 radical (unpaired) electrons. The lowest BCUT2D eigenvalue weighted by molar-refractivity contribution is -0.120. The summed E-state index contributed by atoms with van der Waals surface area (Å²) in [5.41, 5.74) is -0.507. The van der Waals surface area contributed by atoms with Gasteiger partial charge in [0.2, 0.25) is 15.9 Å². The molecule has 10 heteroatoms. The number of aromatic carboxylic acids is 1. The van der Waals surface area contributed by atoms with Crippen molar-refractivity contribution < 1.29 is 23.1 Å². The Morgan fingerprint density at radius 1 is 1.33 bits per heavy atom. The lowest BCUT2D eigenvalue weighted by Gasteiger charge is -2.18. The number of sulfonamides is 1. The second-order valence-electron chi connectivity index (χ2n) is 3.97. The van der Waals surface area contributed by atoms with Crippen molar-refractivity contribution in [2.45, 2.75) is 4.90 Å². The quantitative estimate of drug-likeness (QED) is 0.822. The first-order chi connectivity index (χ1) is 9.62. The van der Waals surface area contributed by atoms with Gasteiger partial charge in [-0.3, -0.25) is 4.79 Å². The number of hydrogen-bond acceptors (Lipinski definition) is 4. The largest absolute Gasteiger partial charge is 0.478 e. The van der Waals surface area contributed by atoms with E-state index in [0.717, 1.165) is 16.4 Å². The molecule has 1 rings (SSSR count). The maximum atomic E-state index is 12.3. The summed E-state index contributed by atoms with van der Waals surface area (Å²) in [6, 6.07) is 2.21. The molecular formula is C11H12Cl2N2O5S. The van der Waals surface area contributed by atoms with Gasteiger partial charge < -0.3 is 10.4 Å². The van der Waals surface area contributed by atoms with Crippen LogP contribution < -0.4 is 5.32 Å². The molecule has 1 aromatic rings. The molecule has 0 aliphatic heterocycles. The number of benzene rings is 1. The van der Waals surface area contributed by atoms with Crippen molar-refractivity contribution in [1.29, 1.82) is 0 Å². The van der Waals surface area contributed by atoms with Gasteiger partial charge in [0, 0.05) is 14.1 Å². The molecule has 0 aliphatic carbocycles. The van der Waals surface area contributed by atoms with Gasteiger partial charge >= 0.3 is 5.97 Å². The lowest BCUT2D eigenvalue weighted by atomic mass is 10.2. The van der Waals surface area contributed by atoms with Crippen LogP contribution in [0.3, 0.4) is 0 Å². The van der Waals surface area contributed by atoms with E-state index in [4.69, 9.17) is 28.3 Å². The van der Waals surface area contributed by atoms with Gasteiger partial charge in [0.15, 0.2) is 0 Å². The monoisotopic (exact) mass is 354 g/mol. The topological polar surface area (TPSA) is 104 Å². The first-order valence-corrected chi connectivity index (χ1v) is 7.70. The van der Waals surface area contributed by atoms with Crippen molar-refractivity contribution in [3.05, 3.63) is 27.7 Å². The van der Waals surface area contributed by atoms with E-state index in [0.29, 0.717) is 0 Å². The number of halogens is 2. The molecule has 21 heavy (non-hydrogen) atoms. The third kappa shape index (κ3) is 3.65. The normalized spacial score (nSPS) is 11.5. The fourth-order valence-electron chi connectivity index (χ4n) is 1.46. The summed E-state index contributed by atoms with van der Waals surface area (Å²) in [6.07, 6.45) is 0. The van der Waals surface area contributed by atoms with Crippen molar-refractivity contribution in [2.24, 2.45) is 0 Å². The number of nitrogens with zero attached hydrogens (tertiary/aromatic N) is 1. The highest BCUT2D eigenvalue weighted by Gasteiger charge is 2.28. The van der Waals surface area contributed by atoms with E-state index in [1.54, 1.807) is 0 Å². The zero-order valence-corrected chi connectivity index (χ0v) is 13.4. The zero-order valence-electron chi connectivity index (χ0n) is 11.1. The van der Waals surface area contributed by atoms with Crippen LogP contribution in [0, 0.1) is 0 Å². The summed E-state index contributed by atoms with van der Waals surface area (Å²) in [5, 5.41) is 10.6. The van der Waals surface area contributed by atoms with E-state index in [9.17, 15) is 18.0 Å². The Hall–Kier alpha value is -1.35. The highest BCUT2D eigenvalue weighted by Crippen LogP contribution is 2.32. The number of nitrogens with one attached hydrogen (secondary N) is 1. The Morgan fingerprint density at radius 3 is 2.38 bits per heavy atom. The summed E-state index contributed by atoms with van der Waals surface area (Å²) < 4.78 is 25.4. The Bertz CT molecular complexity index is 690. The number of carboxylic acids is 1. The molecular weight excluding hydrogens is 343 g/mol. The van der Waals surface area contributed by atoms with Crippen LogP contribution in [-0.4, -0.2) is 50.3 Å². The first-order valence-electron chi connectivity index (χ1n) is 5.51. The fraction of sp³-hybridized carbons (Fsp3) is 0.273. The van der Waals surface area contributed by atoms with Crippen LogP contribution >= 0.6 is 23.2 Å². The molecule has 1 amide bonds. The molecule has 0 bridgehead atoms. The lowest BCUT2D eigenvalue weighted by Crippen LogP contribution is -2.37. The molecule has 0 heterocycles. The van der Waals surface area contributed by atoms with Crippen LogP contribution in [0.1, 0.15) is 10.4 Å². The minimum absolute atomic E-state index is 0.180. The first kappa shape index (κ1) is 17.7. The minimum atomic E-state index is -4.13. The molecule has 0 saturated heterocycles. The average molecular weight is 355 g/mol. The second kappa shape index (κ2) is 6.61. The highest BCUT2D eigenvalue weighted by molar-refractivity contribution is 7.89. The Morgan fingerprint density at radius 2 is 1.90 bits per heavy atom. The molecule has 0 spiro atoms. The van der Waals surface area contributed by atoms with Gasteiger partial charge in [-0.25, -0.2) is 13.2 Å². The summed E-state index contributed by atoms with van der Waals surface area (Å²) in [5.74, 6) is -1.97. The van der Waals surface area contributed by atoms with Gasteiger partial charge in [0.05, 0.1) is 22.2 Å². The van der Waals surface area contributed by atoms with E-state index in [2.05, 4.69) is 5.32 Å². The third-order valence-corrected chi connectivity index (χ3v) is 5.27. The van der Waals surface area contributed by atoms with Gasteiger partial charge in [-0.15, -0.1) is 0 Å². The van der Waals surface area contributed by atoms with Gasteiger partial charge in [-0.2, -0.15) is 4.31 Å². The molecule has 0 aliphatic rings. The third-order valence-electron chi connectivity index (χ3n) is 2.60. The number of likely N-dealkylation sites (N-methyl/N-ethyl adjacent to an activating group) is 2. The van der Waals surface area contributed by atoms with E-state index in [-0.39, 0.29) is 5.02 Å². The molecule has 0 atom stereocenters. The van der Waals surface area contributed by atoms with Crippen molar-refractivity contribution in [1.82, 2.24) is 9.62 Å². The maximum absolute atomic E-state index is 12.3. The highest BCUT2D eigenvalue weighted by atomic mass is 35.5. The Labute approximate surface area is 131 Å². The van der Waals surface area contributed by atoms with E-state index < -0.39 is 43.9 Å². The predicted molar refractivity (Wildman–Crippen MR) is 77.3 cm³/mol. The zero-order chi connectivity index (χ0) is 16.4. The predicted octanol–water partition coefficient (Wildman–Crippen LogP) is 1.06. The number of hydrogen-bond donors (Lipinski definition) is 2. The molecule has 1 aromatic carbocycles. The van der Waals surface area contributed by atoms with Crippen LogP contribution in [0.2, 0.25) is 10.0 Å². The molecule has 0 saturated carbocycles. The van der Waals surface area contributed by atoms with E-state index >= 15 is 0 Å². The standard InChI is InChI=1S/C11H12Cl2N2O5S/c1-14-8(16)5-15(2)21(19,20)7-4-3-6(12)9(10(7)13)11(17)18/h3-4H,5H2,1-2H3,(H,14,16)(H,17,18). The summed E-state index contributed by atoms with van der Waals surface area (Å²) in [4.78, 5) is 21.9. The number of carbonyl (C=O) groups is 2. The van der Waals surface area contributed by atoms with E-state index in [1.807, 2.05) is 0 Å². The molecule has 116 valence electrons. The number of rotatable bonds is 5. The van der Waals surface area contributed by atoms with Gasteiger partial charge in [-0.1, -0.05) is 23.2 Å². The number of carbonyl (C=O) groups excluding carboxylic acids is 1. The summed E-state index contributed by atoms with van der Waals surface area (Å²) in [7, 11) is -1.59. The number of amides is 1. The smallest absolute Gasteiger partial charge is 0.338 e. The van der Waals surface area contributed by atoms with Crippen molar-refractivity contribution in [3.8, 4) is 0 Å². The molecule has 7 nitrogen and oxygen atoms in total. The van der Waals surface area contributed by atoms with Crippen LogP contribution in [0.4, 0.5) is 0 Å². The van der Waals surface area contributed by atoms with Crippen LogP contribution in [0.25, 0.3) is 0 Å². The SMILES string of the molecule is CNC(=O)CN(C)S(=O)(=O)c1ccc(Cl)c(C(=O)O)c1Cl. The number of carboxylic acid groups (broad SMARTS) is 1. The molecule has 0 aromatic heterocycles. The van der Waals surface area contributed by atoms with Crippen LogP contribution in [-0.2, 0) is 14.8 Å². The van der Waals surface area contributed by atoms with Gasteiger partial charge in [0.1, 0.15) is 4.90 Å². The molecule has 0 unspecified atom stereocenters. The maximum Gasteiger partial charge on any atom is 0.338 e. The summed E-state index contributed by atoms with van der Waals surface area (Å²) >= 11 is 11.5. The molecule has 0 fully saturated rings. The van der Waals surface area contributed by atoms with Crippen molar-refractivity contribution in [3.63, 3.8) is 0 Å². The average Bonchev–Trinajstić information content (AvgIpc) is 2.37. The van der Waals surface area contributed by atoms with Crippen LogP contribution in [0.5, 0.6) is 0 Å². The van der Waals surface area contributed by atoms with Crippen molar-refractivity contribution >= 4 is 45.1 Å². The minimum Gasteiger partial charge on any atom is -0.478 e. The Kier molecular flexibility index (Phi) is 5.57. The van der Waals surface area contributed by atoms with Gasteiger partial charge in [-0.05, 0) is 12.1 Å². The second-order valence-corrected chi connectivity index (χ2v) is 6.77. The summed E-state index contributed by atoms with van der Waals surface area (Å²) in [6.45, 7) is -0.430. The van der Waals surface area contributed by atoms with Crippen LogP contribution in [0.15, 0.2) is 17.0 Å². The van der Waals surface area contributed by atoms with Gasteiger partial charge in [0.25, 0.3) is 0 Å². The molecule has 2 N–H and O–H groups in total. The van der Waals surface area contributed by atoms with E-state index in [1.165, 1.54) is 14.1 Å². The Balaban J connectivity index is 3.36. The fourth-order valence-corrected chi connectivity index (χ4v) is 3.48. The van der Waals surface area contributed by atoms with Crippen molar-refractivity contribution in [2.75, 3.05) is 20.6 Å².